The summed E-state index contributed by atoms with van der Waals surface area (Å²) in [5.41, 5.74) is -4.25. The Morgan fingerprint density at radius 3 is 1.10 bits per heavy atom. The zero-order valence-electron chi connectivity index (χ0n) is 53.6. The van der Waals surface area contributed by atoms with Crippen molar-refractivity contribution in [3.05, 3.63) is 270 Å². The zero-order valence-corrected chi connectivity index (χ0v) is 60.2. The molecule has 0 spiro atoms. The zero-order chi connectivity index (χ0) is 80.9. The maximum atomic E-state index is 14.3. The van der Waals surface area contributed by atoms with E-state index in [1.165, 1.54) is 22.7 Å². The van der Waals surface area contributed by atoms with Crippen LogP contribution in [-0.4, -0.2) is 68.9 Å². The molecule has 0 unspecified atom stereocenters. The van der Waals surface area contributed by atoms with Crippen LogP contribution < -0.4 is 38.2 Å². The van der Waals surface area contributed by atoms with Crippen LogP contribution in [-0.2, 0) is 12.4 Å². The molecule has 8 heterocycles. The van der Waals surface area contributed by atoms with E-state index in [1.54, 1.807) is 30.3 Å². The van der Waals surface area contributed by atoms with E-state index in [9.17, 15) is 49.2 Å². The third-order valence-corrected chi connectivity index (χ3v) is 24.3. The fourth-order valence-corrected chi connectivity index (χ4v) is 18.9. The van der Waals surface area contributed by atoms with Crippen LogP contribution in [0, 0.1) is 147 Å². The summed E-state index contributed by atoms with van der Waals surface area (Å²) >= 11 is 2.96. The SMILES string of the molecule is [C-]#[N+]C([N+]#[C-])=c1nc2c(-c3ccc(C(F)(F)F)cc3)c(-c3ccc(C(F)(F)F)cc3)c3n/c(=C(\C#N)[N+]#[C-])oc3c2o1.[C-]#[N+]C([N+]#[C-])=c1nc2c(F)c(F)c3n/c(=C(\C#N)[N+]#[C-])[se]c3c2[se]1.[C-]#[N+]C([N+]#[C-])=c1nc2c(F)c(F)c3n/c(=C(\C#N)[N+]#[C-])sc3c2s1.[C-]#[N+]C([N+]#[C-])=c1nc2ccc3n/c(=C(\C#N)[N+]#[C-])sc3c2s1. The summed E-state index contributed by atoms with van der Waals surface area (Å²) in [6.45, 7) is 84.4. The quantitative estimate of drug-likeness (QED) is 0.0884. The number of fused-ring (bicyclic) bond motifs is 12. The first-order chi connectivity index (χ1) is 53.7. The summed E-state index contributed by atoms with van der Waals surface area (Å²) in [7, 11) is 0. The molecule has 0 aliphatic carbocycles. The van der Waals surface area contributed by atoms with Gasteiger partial charge in [0.1, 0.15) is 70.8 Å². The van der Waals surface area contributed by atoms with Gasteiger partial charge in [-0.2, -0.15) is 45.7 Å². The van der Waals surface area contributed by atoms with E-state index in [2.05, 4.69) is 98.0 Å². The Labute approximate surface area is 641 Å². The molecule has 112 heavy (non-hydrogen) atoms. The van der Waals surface area contributed by atoms with E-state index >= 15 is 0 Å². The fraction of sp³-hybridized carbons (Fsp3) is 0.0286. The minimum atomic E-state index is -4.67. The second-order valence-electron chi connectivity index (χ2n) is 20.6. The molecule has 0 saturated carbocycles. The summed E-state index contributed by atoms with van der Waals surface area (Å²) in [6, 6.07) is 17.9. The predicted molar refractivity (Wildman–Crippen MR) is 385 cm³/mol. The molecule has 6 aromatic carbocycles. The maximum absolute atomic E-state index is 14.3. The molecule has 0 atom stereocenters. The molecule has 0 N–H and O–H groups in total. The van der Waals surface area contributed by atoms with Crippen molar-refractivity contribution in [3.63, 3.8) is 0 Å². The van der Waals surface area contributed by atoms with Gasteiger partial charge in [0.2, 0.25) is 14.9 Å². The first kappa shape index (κ1) is 77.4. The van der Waals surface area contributed by atoms with Crippen LogP contribution in [0.5, 0.6) is 0 Å². The van der Waals surface area contributed by atoms with Crippen molar-refractivity contribution in [3.8, 4) is 46.5 Å². The van der Waals surface area contributed by atoms with Crippen LogP contribution in [0.4, 0.5) is 43.9 Å². The number of oxazole rings is 2. The van der Waals surface area contributed by atoms with Gasteiger partial charge in [0, 0.05) is 11.1 Å². The number of aromatic nitrogens is 8. The third kappa shape index (κ3) is 14.1. The summed E-state index contributed by atoms with van der Waals surface area (Å²) in [6.07, 6.45) is -9.34. The van der Waals surface area contributed by atoms with Crippen molar-refractivity contribution in [1.82, 2.24) is 39.9 Å². The number of nitrogens with zero attached hydrogens (tertiary/aromatic N) is 24. The Balaban J connectivity index is 0.000000154. The molecule has 8 aromatic heterocycles. The summed E-state index contributed by atoms with van der Waals surface area (Å²) in [5, 5.41) is 36.2. The number of thiazole rings is 4. The Bertz CT molecular complexity index is 7110. The average molecular weight is 1700 g/mol. The van der Waals surface area contributed by atoms with E-state index in [1.807, 2.05) is 6.07 Å². The van der Waals surface area contributed by atoms with Crippen LogP contribution in [0.25, 0.3) is 209 Å². The van der Waals surface area contributed by atoms with Crippen molar-refractivity contribution in [1.29, 1.82) is 21.0 Å². The van der Waals surface area contributed by atoms with Gasteiger partial charge in [-0.05, 0) is 47.5 Å². The number of benzene rings is 6. The Morgan fingerprint density at radius 1 is 0.348 bits per heavy atom. The molecule has 0 aliphatic heterocycles. The number of hydrogen-bond donors (Lipinski definition) is 0. The Morgan fingerprint density at radius 2 is 0.688 bits per heavy atom. The van der Waals surface area contributed by atoms with Crippen molar-refractivity contribution < 1.29 is 52.7 Å². The number of nitriles is 4. The normalized spacial score (nSPS) is 11.7. The van der Waals surface area contributed by atoms with Gasteiger partial charge in [-0.15, -0.1) is 55.0 Å². The second kappa shape index (κ2) is 31.4. The van der Waals surface area contributed by atoms with E-state index in [-0.39, 0.29) is 128 Å². The second-order valence-corrected chi connectivity index (χ2v) is 28.8. The molecule has 0 radical (unpaired) electrons. The minimum absolute atomic E-state index is 0.0228. The first-order valence-corrected chi connectivity index (χ1v) is 35.5. The Kier molecular flexibility index (Phi) is 21.7. The molecule has 0 bridgehead atoms. The monoisotopic (exact) mass is 1700 g/mol. The van der Waals surface area contributed by atoms with Gasteiger partial charge in [-0.3, -0.25) is 0 Å². The molecule has 0 fully saturated rings. The van der Waals surface area contributed by atoms with E-state index in [4.69, 9.17) is 103 Å². The molecule has 528 valence electrons. The van der Waals surface area contributed by atoms with Gasteiger partial charge < -0.3 is 8.83 Å². The fourth-order valence-electron chi connectivity index (χ4n) is 9.77. The number of halogens is 10. The minimum Gasteiger partial charge on any atom is -0.248 e. The van der Waals surface area contributed by atoms with Gasteiger partial charge in [-0.25, -0.2) is 69.0 Å². The molecule has 14 rings (SSSR count). The van der Waals surface area contributed by atoms with E-state index in [0.29, 0.717) is 28.9 Å². The third-order valence-electron chi connectivity index (χ3n) is 14.5. The van der Waals surface area contributed by atoms with Crippen molar-refractivity contribution >= 4 is 203 Å². The number of alkyl halides is 6. The molecular formula is C70H10F10N24O2S4Se2. The van der Waals surface area contributed by atoms with Crippen LogP contribution in [0.3, 0.4) is 0 Å². The topological polar surface area (TPSA) is 277 Å². The van der Waals surface area contributed by atoms with Gasteiger partial charge in [0.25, 0.3) is 11.4 Å². The Hall–Kier alpha value is -15.7. The molecular weight excluding hydrogens is 1690 g/mol. The van der Waals surface area contributed by atoms with Crippen molar-refractivity contribution in [2.45, 2.75) is 12.4 Å². The molecule has 26 nitrogen and oxygen atoms in total. The van der Waals surface area contributed by atoms with E-state index < -0.39 is 98.4 Å². The van der Waals surface area contributed by atoms with Crippen molar-refractivity contribution in [2.75, 3.05) is 0 Å². The molecule has 42 heteroatoms. The van der Waals surface area contributed by atoms with Gasteiger partial charge in [0.05, 0.1) is 78.9 Å². The summed E-state index contributed by atoms with van der Waals surface area (Å²) in [5.74, 6) is -6.13. The molecule has 0 amide bonds. The van der Waals surface area contributed by atoms with Crippen LogP contribution in [0.2, 0.25) is 0 Å². The summed E-state index contributed by atoms with van der Waals surface area (Å²) in [4.78, 5) is 69.5. The standard InChI is InChI=1S/C28H8F6N6O2.C14F2N6S2.C14F2N6Se2.C14H2N6S2/c1-36-17(12-35)25-39-20-18(13-4-8-15(9-5-13)27(29,30)31)19(14-6-10-16(11-7-14)28(32,33)34)21-23(22(20)41-25)42-26(40-21)24(37-2)38-3;2*1-18-5(4-17)13-21-8-6(15)7(16)9-11(10(8)23-13)24-14(22-9)12(19-2)20-3;1-16-9(6-15)13-19-7-4-5-8-11(10(7)21-13)22-14(20-8)12(17-2)18-3/h4-11H;;;4-5H/b25-17-;2*13-5-;13-9-. The number of rotatable bonds is 2. The average Bonchev–Trinajstić information content (AvgIpc) is 1.59. The van der Waals surface area contributed by atoms with Crippen LogP contribution >= 0.6 is 45.3 Å². The largest absolute Gasteiger partial charge is 0.555 e. The summed E-state index contributed by atoms with van der Waals surface area (Å²) < 4.78 is 152. The first-order valence-electron chi connectivity index (χ1n) is 28.8. The predicted octanol–water partition coefficient (Wildman–Crippen LogP) is 12.4. The van der Waals surface area contributed by atoms with Crippen LogP contribution in [0.15, 0.2) is 69.5 Å². The van der Waals surface area contributed by atoms with Gasteiger partial charge >= 0.3 is 186 Å². The van der Waals surface area contributed by atoms with Crippen LogP contribution in [0.1, 0.15) is 11.1 Å². The van der Waals surface area contributed by atoms with Gasteiger partial charge in [-0.1, -0.05) is 24.3 Å². The smallest absolute Gasteiger partial charge is 0.248 e. The number of hydrogen-bond acceptors (Lipinski definition) is 18. The molecule has 14 aromatic rings. The van der Waals surface area contributed by atoms with E-state index in [0.717, 1.165) is 80.6 Å². The van der Waals surface area contributed by atoms with Gasteiger partial charge in [0.15, 0.2) is 22.8 Å². The maximum Gasteiger partial charge on any atom is 0.555 e. The molecule has 0 saturated heterocycles. The molecule has 0 aliphatic rings. The van der Waals surface area contributed by atoms with Crippen molar-refractivity contribution in [2.24, 2.45) is 0 Å².